The van der Waals surface area contributed by atoms with Crippen LogP contribution in [0.5, 0.6) is 0 Å². The van der Waals surface area contributed by atoms with E-state index in [0.717, 1.165) is 11.0 Å². The van der Waals surface area contributed by atoms with E-state index in [2.05, 4.69) is 87.9 Å². The number of benzene rings is 1. The molecule has 0 saturated carbocycles. The van der Waals surface area contributed by atoms with Crippen LogP contribution in [0.2, 0.25) is 0 Å². The highest BCUT2D eigenvalue weighted by molar-refractivity contribution is 5.14. The summed E-state index contributed by atoms with van der Waals surface area (Å²) >= 11 is 0. The quantitative estimate of drug-likeness (QED) is 0.646. The van der Waals surface area contributed by atoms with Crippen LogP contribution in [0.4, 0.5) is 0 Å². The molecule has 0 unspecified atom stereocenters. The number of nitrogens with zero attached hydrogens (tertiary/aromatic N) is 1. The molecular weight excluding hydrogens is 206 g/mol. The first-order valence-electron chi connectivity index (χ1n) is 6.09. The summed E-state index contributed by atoms with van der Waals surface area (Å²) in [4.78, 5) is 0. The van der Waals surface area contributed by atoms with Crippen LogP contribution >= 0.6 is 0 Å². The molecule has 1 heteroatoms. The minimum Gasteiger partial charge on any atom is -0.242 e. The Bertz CT molecular complexity index is 368. The molecule has 0 aromatic heterocycles. The SMILES string of the molecule is C/C=C\[N+](/C=C/C)(/C=C/C)Cc1ccccc1. The average Bonchev–Trinajstić information content (AvgIpc) is 2.31. The largest absolute Gasteiger partial charge is 0.242 e. The topological polar surface area (TPSA) is 0 Å². The maximum Gasteiger partial charge on any atom is 0.117 e. The third kappa shape index (κ3) is 4.04. The number of allylic oxidation sites excluding steroid dienone is 3. The Morgan fingerprint density at radius 3 is 1.71 bits per heavy atom. The zero-order valence-corrected chi connectivity index (χ0v) is 11.0. The van der Waals surface area contributed by atoms with E-state index in [1.807, 2.05) is 0 Å². The van der Waals surface area contributed by atoms with E-state index in [-0.39, 0.29) is 0 Å². The van der Waals surface area contributed by atoms with E-state index < -0.39 is 0 Å². The molecule has 0 amide bonds. The van der Waals surface area contributed by atoms with Gasteiger partial charge in [-0.25, -0.2) is 4.48 Å². The second-order valence-electron chi connectivity index (χ2n) is 4.09. The molecule has 0 aliphatic rings. The van der Waals surface area contributed by atoms with Crippen LogP contribution in [-0.2, 0) is 6.54 Å². The Kier molecular flexibility index (Phi) is 5.44. The number of hydrogen-bond acceptors (Lipinski definition) is 0. The highest BCUT2D eigenvalue weighted by Crippen LogP contribution is 2.18. The van der Waals surface area contributed by atoms with Crippen molar-refractivity contribution in [1.29, 1.82) is 0 Å². The third-order valence-corrected chi connectivity index (χ3v) is 2.58. The van der Waals surface area contributed by atoms with Crippen molar-refractivity contribution in [2.75, 3.05) is 0 Å². The average molecular weight is 228 g/mol. The highest BCUT2D eigenvalue weighted by Gasteiger charge is 2.18. The van der Waals surface area contributed by atoms with Gasteiger partial charge < -0.3 is 0 Å². The molecular formula is C16H22N+. The van der Waals surface area contributed by atoms with Gasteiger partial charge in [0.05, 0.1) is 0 Å². The maximum atomic E-state index is 2.20. The van der Waals surface area contributed by atoms with Crippen LogP contribution in [0.15, 0.2) is 67.2 Å². The molecule has 17 heavy (non-hydrogen) atoms. The fourth-order valence-corrected chi connectivity index (χ4v) is 2.04. The van der Waals surface area contributed by atoms with Gasteiger partial charge in [0.2, 0.25) is 0 Å². The predicted octanol–water partition coefficient (Wildman–Crippen LogP) is 4.60. The molecule has 0 saturated heterocycles. The lowest BCUT2D eigenvalue weighted by atomic mass is 10.2. The van der Waals surface area contributed by atoms with Crippen LogP contribution in [0.1, 0.15) is 26.3 Å². The van der Waals surface area contributed by atoms with Crippen molar-refractivity contribution in [3.05, 3.63) is 72.7 Å². The normalized spacial score (nSPS) is 13.1. The van der Waals surface area contributed by atoms with E-state index in [1.54, 1.807) is 0 Å². The summed E-state index contributed by atoms with van der Waals surface area (Å²) in [5.41, 5.74) is 1.34. The van der Waals surface area contributed by atoms with Crippen molar-refractivity contribution in [2.45, 2.75) is 27.3 Å². The van der Waals surface area contributed by atoms with Crippen molar-refractivity contribution in [2.24, 2.45) is 0 Å². The lowest BCUT2D eigenvalue weighted by Crippen LogP contribution is -2.29. The van der Waals surface area contributed by atoms with Gasteiger partial charge in [0.1, 0.15) is 25.1 Å². The van der Waals surface area contributed by atoms with Gasteiger partial charge >= 0.3 is 0 Å². The van der Waals surface area contributed by atoms with E-state index >= 15 is 0 Å². The van der Waals surface area contributed by atoms with Gasteiger partial charge in [0.15, 0.2) is 0 Å². The van der Waals surface area contributed by atoms with E-state index in [4.69, 9.17) is 0 Å². The van der Waals surface area contributed by atoms with Gasteiger partial charge in [-0.05, 0) is 39.0 Å². The van der Waals surface area contributed by atoms with Gasteiger partial charge in [0, 0.05) is 5.56 Å². The van der Waals surface area contributed by atoms with Gasteiger partial charge in [-0.1, -0.05) is 30.3 Å². The van der Waals surface area contributed by atoms with Crippen LogP contribution in [0.3, 0.4) is 0 Å². The first kappa shape index (κ1) is 13.5. The molecule has 0 fully saturated rings. The Morgan fingerprint density at radius 1 is 0.824 bits per heavy atom. The summed E-state index contributed by atoms with van der Waals surface area (Å²) in [6.45, 7) is 7.13. The molecule has 0 aliphatic heterocycles. The maximum absolute atomic E-state index is 2.20. The molecule has 0 heterocycles. The van der Waals surface area contributed by atoms with Gasteiger partial charge in [-0.3, -0.25) is 0 Å². The van der Waals surface area contributed by atoms with Crippen LogP contribution in [0.25, 0.3) is 0 Å². The Balaban J connectivity index is 3.05. The smallest absolute Gasteiger partial charge is 0.117 e. The lowest BCUT2D eigenvalue weighted by Gasteiger charge is -2.26. The standard InChI is InChI=1S/C16H22N/c1-4-12-17(13-5-2,14-6-3)15-16-10-8-7-9-11-16/h4-14H,15H2,1-3H3/q+1/b12-4-,13-5+,14-6+. The minimum atomic E-state index is 0.730. The second-order valence-corrected chi connectivity index (χ2v) is 4.09. The zero-order chi connectivity index (χ0) is 12.6. The summed E-state index contributed by atoms with van der Waals surface area (Å²) in [7, 11) is 0. The number of hydrogen-bond donors (Lipinski definition) is 0. The van der Waals surface area contributed by atoms with Crippen molar-refractivity contribution in [3.63, 3.8) is 0 Å². The Morgan fingerprint density at radius 2 is 1.29 bits per heavy atom. The first-order chi connectivity index (χ1) is 8.26. The fraction of sp³-hybridized carbons (Fsp3) is 0.250. The Hall–Kier alpha value is -1.60. The molecule has 0 N–H and O–H groups in total. The molecule has 1 nitrogen and oxygen atoms in total. The van der Waals surface area contributed by atoms with Gasteiger partial charge in [0.25, 0.3) is 0 Å². The van der Waals surface area contributed by atoms with Crippen molar-refractivity contribution >= 4 is 0 Å². The van der Waals surface area contributed by atoms with E-state index in [1.165, 1.54) is 5.56 Å². The van der Waals surface area contributed by atoms with Crippen molar-refractivity contribution < 1.29 is 4.48 Å². The van der Waals surface area contributed by atoms with E-state index in [9.17, 15) is 0 Å². The number of rotatable bonds is 5. The lowest BCUT2D eigenvalue weighted by molar-refractivity contribution is -0.788. The monoisotopic (exact) mass is 228 g/mol. The summed E-state index contributed by atoms with van der Waals surface area (Å²) in [5, 5.41) is 0. The highest BCUT2D eigenvalue weighted by atomic mass is 15.3. The fourth-order valence-electron chi connectivity index (χ4n) is 2.04. The Labute approximate surface area is 105 Å². The van der Waals surface area contributed by atoms with Crippen LogP contribution in [-0.4, -0.2) is 4.48 Å². The molecule has 0 radical (unpaired) electrons. The van der Waals surface area contributed by atoms with Gasteiger partial charge in [-0.2, -0.15) is 0 Å². The van der Waals surface area contributed by atoms with Crippen molar-refractivity contribution in [3.8, 4) is 0 Å². The molecule has 90 valence electrons. The van der Waals surface area contributed by atoms with Crippen LogP contribution in [0, 0.1) is 0 Å². The molecule has 0 atom stereocenters. The van der Waals surface area contributed by atoms with Gasteiger partial charge in [-0.15, -0.1) is 0 Å². The molecule has 0 spiro atoms. The minimum absolute atomic E-state index is 0.730. The summed E-state index contributed by atoms with van der Waals surface area (Å²) in [6.07, 6.45) is 12.9. The van der Waals surface area contributed by atoms with E-state index in [0.29, 0.717) is 0 Å². The first-order valence-corrected chi connectivity index (χ1v) is 6.09. The second kappa shape index (κ2) is 6.87. The molecule has 1 aromatic rings. The summed E-state index contributed by atoms with van der Waals surface area (Å²) < 4.78 is 0.730. The zero-order valence-electron chi connectivity index (χ0n) is 11.0. The summed E-state index contributed by atoms with van der Waals surface area (Å²) in [6, 6.07) is 10.6. The predicted molar refractivity (Wildman–Crippen MR) is 74.8 cm³/mol. The van der Waals surface area contributed by atoms with Crippen LogP contribution < -0.4 is 0 Å². The number of quaternary nitrogens is 1. The third-order valence-electron chi connectivity index (χ3n) is 2.58. The molecule has 0 aliphatic carbocycles. The van der Waals surface area contributed by atoms with Crippen molar-refractivity contribution in [1.82, 2.24) is 0 Å². The summed E-state index contributed by atoms with van der Waals surface area (Å²) in [5.74, 6) is 0. The molecule has 1 aromatic carbocycles. The molecule has 1 rings (SSSR count). The molecule has 0 bridgehead atoms.